The third kappa shape index (κ3) is 3.86. The minimum atomic E-state index is 0.635. The molecule has 0 aliphatic carbocycles. The summed E-state index contributed by atoms with van der Waals surface area (Å²) in [6.07, 6.45) is 5.56. The van der Waals surface area contributed by atoms with Crippen molar-refractivity contribution < 1.29 is 0 Å². The molecule has 1 rings (SSSR count). The van der Waals surface area contributed by atoms with Gasteiger partial charge < -0.3 is 5.32 Å². The van der Waals surface area contributed by atoms with Crippen molar-refractivity contribution in [3.8, 4) is 0 Å². The van der Waals surface area contributed by atoms with Gasteiger partial charge >= 0.3 is 0 Å². The monoisotopic (exact) mass is 230 g/mol. The van der Waals surface area contributed by atoms with Crippen LogP contribution in [0.4, 0.5) is 0 Å². The Bertz CT molecular complexity index is 281. The van der Waals surface area contributed by atoms with E-state index in [1.807, 2.05) is 17.8 Å². The number of rotatable bonds is 5. The predicted octanol–water partition coefficient (Wildman–Crippen LogP) is 2.58. The molecule has 0 bridgehead atoms. The SMILES string of the molecule is CSC(C)CNCc1ccncc1Cl. The maximum atomic E-state index is 5.97. The summed E-state index contributed by atoms with van der Waals surface area (Å²) in [5.41, 5.74) is 1.11. The Morgan fingerprint density at radius 3 is 3.07 bits per heavy atom. The van der Waals surface area contributed by atoms with Gasteiger partial charge in [0, 0.05) is 30.7 Å². The van der Waals surface area contributed by atoms with Gasteiger partial charge in [0.15, 0.2) is 0 Å². The molecule has 14 heavy (non-hydrogen) atoms. The fourth-order valence-corrected chi connectivity index (χ4v) is 1.51. The second-order valence-electron chi connectivity index (χ2n) is 3.14. The van der Waals surface area contributed by atoms with Gasteiger partial charge in [-0.25, -0.2) is 0 Å². The molecular weight excluding hydrogens is 216 g/mol. The van der Waals surface area contributed by atoms with Gasteiger partial charge in [0.05, 0.1) is 5.02 Å². The zero-order valence-electron chi connectivity index (χ0n) is 8.46. The summed E-state index contributed by atoms with van der Waals surface area (Å²) in [4.78, 5) is 3.94. The molecule has 0 aliphatic heterocycles. The van der Waals surface area contributed by atoms with E-state index in [1.54, 1.807) is 12.4 Å². The van der Waals surface area contributed by atoms with E-state index >= 15 is 0 Å². The van der Waals surface area contributed by atoms with Crippen LogP contribution in [0.1, 0.15) is 12.5 Å². The normalized spacial score (nSPS) is 12.8. The Morgan fingerprint density at radius 2 is 2.43 bits per heavy atom. The molecule has 1 atom stereocenters. The van der Waals surface area contributed by atoms with Crippen LogP contribution < -0.4 is 5.32 Å². The van der Waals surface area contributed by atoms with Crippen LogP contribution in [0.2, 0.25) is 5.02 Å². The van der Waals surface area contributed by atoms with Gasteiger partial charge in [-0.05, 0) is 17.9 Å². The van der Waals surface area contributed by atoms with E-state index in [1.165, 1.54) is 0 Å². The predicted molar refractivity (Wildman–Crippen MR) is 63.9 cm³/mol. The molecular formula is C10H15ClN2S. The summed E-state index contributed by atoms with van der Waals surface area (Å²) in [5, 5.41) is 4.73. The molecule has 0 saturated carbocycles. The highest BCUT2D eigenvalue weighted by Gasteiger charge is 2.01. The molecule has 1 aromatic rings. The summed E-state index contributed by atoms with van der Waals surface area (Å²) >= 11 is 7.82. The van der Waals surface area contributed by atoms with Gasteiger partial charge in [-0.15, -0.1) is 0 Å². The second kappa shape index (κ2) is 6.27. The first-order valence-corrected chi connectivity index (χ1v) is 6.22. The molecule has 0 spiro atoms. The highest BCUT2D eigenvalue weighted by atomic mass is 35.5. The molecule has 0 amide bonds. The van der Waals surface area contributed by atoms with Crippen LogP contribution in [0.25, 0.3) is 0 Å². The van der Waals surface area contributed by atoms with E-state index in [2.05, 4.69) is 23.5 Å². The average molecular weight is 231 g/mol. The smallest absolute Gasteiger partial charge is 0.0634 e. The summed E-state index contributed by atoms with van der Waals surface area (Å²) in [6.45, 7) is 4.01. The number of nitrogens with one attached hydrogen (secondary N) is 1. The van der Waals surface area contributed by atoms with Crippen LogP contribution in [0.15, 0.2) is 18.5 Å². The first-order chi connectivity index (χ1) is 6.74. The lowest BCUT2D eigenvalue weighted by atomic mass is 10.2. The standard InChI is InChI=1S/C10H15ClN2S/c1-8(14-2)5-13-6-9-3-4-12-7-10(9)11/h3-4,7-8,13H,5-6H2,1-2H3. The van der Waals surface area contributed by atoms with Crippen LogP contribution in [0.5, 0.6) is 0 Å². The lowest BCUT2D eigenvalue weighted by Crippen LogP contribution is -2.22. The molecule has 0 saturated heterocycles. The van der Waals surface area contributed by atoms with E-state index in [-0.39, 0.29) is 0 Å². The van der Waals surface area contributed by atoms with Crippen molar-refractivity contribution in [1.29, 1.82) is 0 Å². The Kier molecular flexibility index (Phi) is 5.30. The molecule has 1 heterocycles. The van der Waals surface area contributed by atoms with Crippen molar-refractivity contribution in [2.24, 2.45) is 0 Å². The fraction of sp³-hybridized carbons (Fsp3) is 0.500. The van der Waals surface area contributed by atoms with Gasteiger partial charge in [-0.1, -0.05) is 18.5 Å². The van der Waals surface area contributed by atoms with Crippen molar-refractivity contribution in [2.75, 3.05) is 12.8 Å². The molecule has 4 heteroatoms. The Hall–Kier alpha value is -0.250. The third-order valence-corrected chi connectivity index (χ3v) is 3.32. The molecule has 0 radical (unpaired) electrons. The minimum absolute atomic E-state index is 0.635. The van der Waals surface area contributed by atoms with Gasteiger partial charge in [-0.3, -0.25) is 4.98 Å². The van der Waals surface area contributed by atoms with Gasteiger partial charge in [0.2, 0.25) is 0 Å². The zero-order valence-corrected chi connectivity index (χ0v) is 10.0. The first kappa shape index (κ1) is 11.8. The Morgan fingerprint density at radius 1 is 1.64 bits per heavy atom. The molecule has 1 aromatic heterocycles. The fourth-order valence-electron chi connectivity index (χ4n) is 1.04. The van der Waals surface area contributed by atoms with Crippen LogP contribution in [-0.2, 0) is 6.54 Å². The molecule has 0 aliphatic rings. The van der Waals surface area contributed by atoms with Gasteiger partial charge in [0.1, 0.15) is 0 Å². The van der Waals surface area contributed by atoms with Crippen molar-refractivity contribution in [3.05, 3.63) is 29.0 Å². The molecule has 1 unspecified atom stereocenters. The van der Waals surface area contributed by atoms with E-state index in [0.717, 1.165) is 23.7 Å². The van der Waals surface area contributed by atoms with Crippen molar-refractivity contribution in [1.82, 2.24) is 10.3 Å². The number of pyridine rings is 1. The van der Waals surface area contributed by atoms with Crippen LogP contribution in [0.3, 0.4) is 0 Å². The van der Waals surface area contributed by atoms with E-state index in [4.69, 9.17) is 11.6 Å². The highest BCUT2D eigenvalue weighted by Crippen LogP contribution is 2.12. The number of halogens is 1. The largest absolute Gasteiger partial charge is 0.312 e. The number of aromatic nitrogens is 1. The second-order valence-corrected chi connectivity index (χ2v) is 4.83. The average Bonchev–Trinajstić information content (AvgIpc) is 2.20. The minimum Gasteiger partial charge on any atom is -0.312 e. The van der Waals surface area contributed by atoms with Crippen molar-refractivity contribution >= 4 is 23.4 Å². The number of nitrogens with zero attached hydrogens (tertiary/aromatic N) is 1. The van der Waals surface area contributed by atoms with E-state index in [0.29, 0.717) is 5.25 Å². The third-order valence-electron chi connectivity index (χ3n) is 2.01. The Labute approximate surface area is 94.5 Å². The maximum absolute atomic E-state index is 5.97. The summed E-state index contributed by atoms with van der Waals surface area (Å²) in [7, 11) is 0. The number of thioether (sulfide) groups is 1. The summed E-state index contributed by atoms with van der Waals surface area (Å²) in [5.74, 6) is 0. The Balaban J connectivity index is 2.35. The number of hydrogen-bond acceptors (Lipinski definition) is 3. The number of hydrogen-bond donors (Lipinski definition) is 1. The van der Waals surface area contributed by atoms with E-state index < -0.39 is 0 Å². The van der Waals surface area contributed by atoms with Gasteiger partial charge in [-0.2, -0.15) is 11.8 Å². The lowest BCUT2D eigenvalue weighted by molar-refractivity contribution is 0.684. The lowest BCUT2D eigenvalue weighted by Gasteiger charge is -2.10. The molecule has 0 aromatic carbocycles. The molecule has 1 N–H and O–H groups in total. The molecule has 78 valence electrons. The quantitative estimate of drug-likeness (QED) is 0.842. The summed E-state index contributed by atoms with van der Waals surface area (Å²) in [6, 6.07) is 1.94. The topological polar surface area (TPSA) is 24.9 Å². The first-order valence-electron chi connectivity index (χ1n) is 4.56. The molecule has 0 fully saturated rings. The van der Waals surface area contributed by atoms with Crippen LogP contribution >= 0.6 is 23.4 Å². The van der Waals surface area contributed by atoms with Crippen molar-refractivity contribution in [3.63, 3.8) is 0 Å². The van der Waals surface area contributed by atoms with Crippen molar-refractivity contribution in [2.45, 2.75) is 18.7 Å². The van der Waals surface area contributed by atoms with Crippen LogP contribution in [-0.4, -0.2) is 23.0 Å². The van der Waals surface area contributed by atoms with E-state index in [9.17, 15) is 0 Å². The van der Waals surface area contributed by atoms with Crippen LogP contribution in [0, 0.1) is 0 Å². The summed E-state index contributed by atoms with van der Waals surface area (Å²) < 4.78 is 0. The maximum Gasteiger partial charge on any atom is 0.0634 e. The zero-order chi connectivity index (χ0) is 10.4. The highest BCUT2D eigenvalue weighted by molar-refractivity contribution is 7.99. The molecule has 2 nitrogen and oxygen atoms in total. The van der Waals surface area contributed by atoms with Gasteiger partial charge in [0.25, 0.3) is 0 Å².